The van der Waals surface area contributed by atoms with Gasteiger partial charge in [-0.1, -0.05) is 11.8 Å². The SMILES string of the molecule is Cc1csc(Sc2ccc(NC(=O)CCC(=O)N3CCc4sccc4C3)cc2)n1. The number of hydrogen-bond acceptors (Lipinski definition) is 6. The van der Waals surface area contributed by atoms with Crippen LogP contribution in [0.2, 0.25) is 0 Å². The number of hydrogen-bond donors (Lipinski definition) is 1. The third-order valence-corrected chi connectivity index (χ3v) is 7.75. The summed E-state index contributed by atoms with van der Waals surface area (Å²) in [5.41, 5.74) is 3.00. The zero-order chi connectivity index (χ0) is 20.2. The van der Waals surface area contributed by atoms with Crippen molar-refractivity contribution >= 4 is 51.9 Å². The lowest BCUT2D eigenvalue weighted by atomic mass is 10.1. The number of benzene rings is 1. The minimum Gasteiger partial charge on any atom is -0.338 e. The number of thiophene rings is 1. The summed E-state index contributed by atoms with van der Waals surface area (Å²) in [6, 6.07) is 9.78. The Kier molecular flexibility index (Phi) is 6.32. The molecule has 3 aromatic rings. The van der Waals surface area contributed by atoms with Gasteiger partial charge in [0.05, 0.1) is 0 Å². The summed E-state index contributed by atoms with van der Waals surface area (Å²) in [6.07, 6.45) is 1.35. The van der Waals surface area contributed by atoms with Gasteiger partial charge < -0.3 is 10.2 Å². The van der Waals surface area contributed by atoms with Crippen LogP contribution in [-0.2, 0) is 22.6 Å². The molecule has 1 aromatic carbocycles. The Balaban J connectivity index is 1.24. The number of thiazole rings is 1. The first-order chi connectivity index (χ1) is 14.1. The van der Waals surface area contributed by atoms with Crippen LogP contribution >= 0.6 is 34.4 Å². The number of nitrogens with one attached hydrogen (secondary N) is 1. The van der Waals surface area contributed by atoms with Gasteiger partial charge in [-0.15, -0.1) is 22.7 Å². The molecule has 4 rings (SSSR count). The molecule has 1 aliphatic heterocycles. The van der Waals surface area contributed by atoms with Crippen molar-refractivity contribution in [2.75, 3.05) is 11.9 Å². The van der Waals surface area contributed by atoms with E-state index >= 15 is 0 Å². The van der Waals surface area contributed by atoms with Gasteiger partial charge >= 0.3 is 0 Å². The van der Waals surface area contributed by atoms with E-state index in [0.717, 1.165) is 33.6 Å². The van der Waals surface area contributed by atoms with Gasteiger partial charge in [0, 0.05) is 52.5 Å². The molecule has 0 spiro atoms. The smallest absolute Gasteiger partial charge is 0.224 e. The highest BCUT2D eigenvalue weighted by Gasteiger charge is 2.21. The molecule has 29 heavy (non-hydrogen) atoms. The number of carbonyl (C=O) groups excluding carboxylic acids is 2. The Morgan fingerprint density at radius 1 is 1.17 bits per heavy atom. The van der Waals surface area contributed by atoms with Gasteiger partial charge in [0.25, 0.3) is 0 Å². The molecule has 1 N–H and O–H groups in total. The molecule has 0 atom stereocenters. The first-order valence-electron chi connectivity index (χ1n) is 9.40. The summed E-state index contributed by atoms with van der Waals surface area (Å²) in [5.74, 6) is -0.0926. The Bertz CT molecular complexity index is 1010. The molecule has 0 radical (unpaired) electrons. The van der Waals surface area contributed by atoms with Gasteiger partial charge in [-0.05, 0) is 54.6 Å². The van der Waals surface area contributed by atoms with Crippen LogP contribution in [0.25, 0.3) is 0 Å². The zero-order valence-electron chi connectivity index (χ0n) is 16.0. The number of rotatable bonds is 6. The fourth-order valence-electron chi connectivity index (χ4n) is 3.15. The molecule has 0 unspecified atom stereocenters. The summed E-state index contributed by atoms with van der Waals surface area (Å²) in [4.78, 5) is 33.4. The van der Waals surface area contributed by atoms with E-state index in [4.69, 9.17) is 0 Å². The van der Waals surface area contributed by atoms with Crippen molar-refractivity contribution in [2.45, 2.75) is 42.0 Å². The molecule has 150 valence electrons. The molecule has 1 aliphatic rings. The number of fused-ring (bicyclic) bond motifs is 1. The molecule has 0 fully saturated rings. The van der Waals surface area contributed by atoms with Crippen LogP contribution in [0.3, 0.4) is 0 Å². The molecule has 8 heteroatoms. The van der Waals surface area contributed by atoms with Crippen LogP contribution in [0.4, 0.5) is 5.69 Å². The monoisotopic (exact) mass is 443 g/mol. The standard InChI is InChI=1S/C21H21N3O2S3/c1-14-13-28-21(22-14)29-17-4-2-16(3-5-17)23-19(25)6-7-20(26)24-10-8-18-15(12-24)9-11-27-18/h2-5,9,11,13H,6-8,10,12H2,1H3,(H,23,25). The topological polar surface area (TPSA) is 62.3 Å². The number of carbonyl (C=O) groups is 2. The van der Waals surface area contributed by atoms with Crippen LogP contribution in [-0.4, -0.2) is 28.2 Å². The normalized spacial score (nSPS) is 13.2. The van der Waals surface area contributed by atoms with Crippen LogP contribution < -0.4 is 5.32 Å². The van der Waals surface area contributed by atoms with Crippen LogP contribution in [0.1, 0.15) is 29.0 Å². The number of nitrogens with zero attached hydrogens (tertiary/aromatic N) is 2. The quantitative estimate of drug-likeness (QED) is 0.584. The summed E-state index contributed by atoms with van der Waals surface area (Å²) >= 11 is 4.99. The summed E-state index contributed by atoms with van der Waals surface area (Å²) in [7, 11) is 0. The van der Waals surface area contributed by atoms with Gasteiger partial charge in [0.15, 0.2) is 4.34 Å². The van der Waals surface area contributed by atoms with Gasteiger partial charge in [-0.25, -0.2) is 4.98 Å². The van der Waals surface area contributed by atoms with E-state index in [0.29, 0.717) is 6.54 Å². The van der Waals surface area contributed by atoms with Gasteiger partial charge in [0.1, 0.15) is 0 Å². The maximum absolute atomic E-state index is 12.4. The van der Waals surface area contributed by atoms with Crippen molar-refractivity contribution in [1.29, 1.82) is 0 Å². The zero-order valence-corrected chi connectivity index (χ0v) is 18.5. The van der Waals surface area contributed by atoms with Crippen LogP contribution in [0, 0.1) is 6.92 Å². The minimum atomic E-state index is -0.137. The fraction of sp³-hybridized carbons (Fsp3) is 0.286. The molecular formula is C21H21N3O2S3. The Hall–Kier alpha value is -2.16. The lowest BCUT2D eigenvalue weighted by Gasteiger charge is -2.27. The van der Waals surface area contributed by atoms with E-state index in [-0.39, 0.29) is 24.7 Å². The second-order valence-corrected chi connectivity index (χ2v) is 10.0. The van der Waals surface area contributed by atoms with E-state index in [1.54, 1.807) is 34.4 Å². The minimum absolute atomic E-state index is 0.0440. The first-order valence-corrected chi connectivity index (χ1v) is 12.0. The molecule has 3 heterocycles. The van der Waals surface area contributed by atoms with Crippen molar-refractivity contribution in [3.05, 3.63) is 57.2 Å². The highest BCUT2D eigenvalue weighted by molar-refractivity contribution is 8.01. The van der Waals surface area contributed by atoms with E-state index in [2.05, 4.69) is 21.7 Å². The van der Waals surface area contributed by atoms with Crippen molar-refractivity contribution in [3.8, 4) is 0 Å². The van der Waals surface area contributed by atoms with Gasteiger partial charge in [-0.2, -0.15) is 0 Å². The van der Waals surface area contributed by atoms with Crippen molar-refractivity contribution in [3.63, 3.8) is 0 Å². The summed E-state index contributed by atoms with van der Waals surface area (Å²) < 4.78 is 1.00. The first kappa shape index (κ1) is 20.1. The van der Waals surface area contributed by atoms with E-state index < -0.39 is 0 Å². The number of amides is 2. The number of anilines is 1. The van der Waals surface area contributed by atoms with Crippen molar-refractivity contribution < 1.29 is 9.59 Å². The second kappa shape index (κ2) is 9.11. The van der Waals surface area contributed by atoms with Crippen LogP contribution in [0.15, 0.2) is 50.3 Å². The Morgan fingerprint density at radius 2 is 2.00 bits per heavy atom. The average molecular weight is 444 g/mol. The number of aromatic nitrogens is 1. The lowest BCUT2D eigenvalue weighted by Crippen LogP contribution is -2.35. The molecule has 0 saturated carbocycles. The van der Waals surface area contributed by atoms with Crippen molar-refractivity contribution in [1.82, 2.24) is 9.88 Å². The summed E-state index contributed by atoms with van der Waals surface area (Å²) in [5, 5.41) is 6.98. The predicted molar refractivity (Wildman–Crippen MR) is 119 cm³/mol. The molecule has 5 nitrogen and oxygen atoms in total. The molecular weight excluding hydrogens is 422 g/mol. The highest BCUT2D eigenvalue weighted by Crippen LogP contribution is 2.31. The number of aryl methyl sites for hydroxylation is 1. The predicted octanol–water partition coefficient (Wildman–Crippen LogP) is 4.97. The second-order valence-electron chi connectivity index (χ2n) is 6.86. The van der Waals surface area contributed by atoms with E-state index in [1.807, 2.05) is 41.5 Å². The maximum atomic E-state index is 12.4. The Labute approximate surface area is 182 Å². The highest BCUT2D eigenvalue weighted by atomic mass is 32.2. The molecule has 0 aliphatic carbocycles. The molecule has 0 saturated heterocycles. The molecule has 0 bridgehead atoms. The third kappa shape index (κ3) is 5.26. The van der Waals surface area contributed by atoms with E-state index in [9.17, 15) is 9.59 Å². The third-order valence-electron chi connectivity index (χ3n) is 4.67. The van der Waals surface area contributed by atoms with Gasteiger partial charge in [-0.3, -0.25) is 9.59 Å². The molecule has 2 amide bonds. The van der Waals surface area contributed by atoms with E-state index in [1.165, 1.54) is 10.4 Å². The summed E-state index contributed by atoms with van der Waals surface area (Å²) in [6.45, 7) is 3.39. The Morgan fingerprint density at radius 3 is 2.76 bits per heavy atom. The maximum Gasteiger partial charge on any atom is 0.224 e. The lowest BCUT2D eigenvalue weighted by molar-refractivity contribution is -0.133. The largest absolute Gasteiger partial charge is 0.338 e. The average Bonchev–Trinajstić information content (AvgIpc) is 3.35. The van der Waals surface area contributed by atoms with Crippen molar-refractivity contribution in [2.24, 2.45) is 0 Å². The van der Waals surface area contributed by atoms with Crippen LogP contribution in [0.5, 0.6) is 0 Å². The van der Waals surface area contributed by atoms with Gasteiger partial charge in [0.2, 0.25) is 11.8 Å². The fourth-order valence-corrected chi connectivity index (χ4v) is 5.85. The molecule has 2 aromatic heterocycles.